The Hall–Kier alpha value is -3.17. The van der Waals surface area contributed by atoms with Crippen LogP contribution in [-0.2, 0) is 17.6 Å². The van der Waals surface area contributed by atoms with E-state index in [0.29, 0.717) is 39.0 Å². The van der Waals surface area contributed by atoms with Crippen LogP contribution in [0.5, 0.6) is 11.5 Å². The summed E-state index contributed by atoms with van der Waals surface area (Å²) < 4.78 is 7.63. The topological polar surface area (TPSA) is 124 Å². The minimum absolute atomic E-state index is 0.0506. The van der Waals surface area contributed by atoms with Crippen molar-refractivity contribution in [3.05, 3.63) is 85.6 Å². The number of pyridine rings is 1. The van der Waals surface area contributed by atoms with E-state index in [4.69, 9.17) is 21.3 Å². The van der Waals surface area contributed by atoms with Gasteiger partial charge in [0, 0.05) is 18.9 Å². The van der Waals surface area contributed by atoms with Gasteiger partial charge in [-0.1, -0.05) is 26.0 Å². The van der Waals surface area contributed by atoms with Gasteiger partial charge in [-0.3, -0.25) is 14.8 Å². The molecule has 0 spiro atoms. The minimum Gasteiger partial charge on any atom is -0.481 e. The first-order valence-electron chi connectivity index (χ1n) is 11.3. The molecular formula is C27H28Br2N4O3. The molecule has 7 nitrogen and oxygen atoms in total. The molecular weight excluding hydrogens is 588 g/mol. The van der Waals surface area contributed by atoms with Crippen LogP contribution in [0.4, 0.5) is 0 Å². The summed E-state index contributed by atoms with van der Waals surface area (Å²) >= 11 is 7.05. The van der Waals surface area contributed by atoms with Gasteiger partial charge in [-0.15, -0.1) is 0 Å². The van der Waals surface area contributed by atoms with Crippen molar-refractivity contribution in [1.29, 1.82) is 0 Å². The highest BCUT2D eigenvalue weighted by Gasteiger charge is 2.16. The molecule has 2 aromatic carbocycles. The number of benzene rings is 2. The summed E-state index contributed by atoms with van der Waals surface area (Å²) in [6.45, 7) is 4.71. The molecule has 0 radical (unpaired) electrons. The number of carboxylic acids is 1. The van der Waals surface area contributed by atoms with Crippen LogP contribution in [0.25, 0.3) is 12.2 Å². The van der Waals surface area contributed by atoms with E-state index in [2.05, 4.69) is 67.8 Å². The van der Waals surface area contributed by atoms with Crippen molar-refractivity contribution in [2.75, 3.05) is 6.54 Å². The van der Waals surface area contributed by atoms with Crippen molar-refractivity contribution in [3.63, 3.8) is 0 Å². The molecule has 0 aliphatic heterocycles. The summed E-state index contributed by atoms with van der Waals surface area (Å²) in [6.07, 6.45) is 8.22. The van der Waals surface area contributed by atoms with Crippen molar-refractivity contribution >= 4 is 55.9 Å². The molecule has 0 fully saturated rings. The van der Waals surface area contributed by atoms with Gasteiger partial charge in [0.25, 0.3) is 0 Å². The van der Waals surface area contributed by atoms with E-state index in [0.717, 1.165) is 22.3 Å². The number of carbonyl (C=O) groups is 1. The first-order valence-corrected chi connectivity index (χ1v) is 12.9. The number of aliphatic imine (C=N–C) groups is 1. The summed E-state index contributed by atoms with van der Waals surface area (Å²) in [5.41, 5.74) is 16.1. The number of nitrogens with zero attached hydrogens (tertiary/aromatic N) is 2. The zero-order chi connectivity index (χ0) is 26.2. The third kappa shape index (κ3) is 7.66. The molecule has 1 heterocycles. The fraction of sp³-hybridized carbons (Fsp3) is 0.222. The second-order valence-corrected chi connectivity index (χ2v) is 10.2. The number of guanidine groups is 1. The molecule has 0 unspecified atom stereocenters. The van der Waals surface area contributed by atoms with Crippen LogP contribution in [0.3, 0.4) is 0 Å². The number of nitrogens with two attached hydrogens (primary N) is 2. The summed E-state index contributed by atoms with van der Waals surface area (Å²) in [5, 5.41) is 9.12. The zero-order valence-electron chi connectivity index (χ0n) is 20.0. The van der Waals surface area contributed by atoms with Gasteiger partial charge in [-0.25, -0.2) is 0 Å². The highest BCUT2D eigenvalue weighted by atomic mass is 79.9. The lowest BCUT2D eigenvalue weighted by molar-refractivity contribution is -0.136. The van der Waals surface area contributed by atoms with E-state index >= 15 is 0 Å². The van der Waals surface area contributed by atoms with Gasteiger partial charge in [0.05, 0.1) is 15.4 Å². The summed E-state index contributed by atoms with van der Waals surface area (Å²) in [6, 6.07) is 11.4. The van der Waals surface area contributed by atoms with E-state index in [9.17, 15) is 4.79 Å². The number of halogens is 2. The van der Waals surface area contributed by atoms with Crippen LogP contribution in [-0.4, -0.2) is 28.6 Å². The smallest absolute Gasteiger partial charge is 0.307 e. The average Bonchev–Trinajstić information content (AvgIpc) is 2.80. The van der Waals surface area contributed by atoms with Gasteiger partial charge in [0.1, 0.15) is 5.75 Å². The van der Waals surface area contributed by atoms with Crippen LogP contribution in [0, 0.1) is 0 Å². The Bertz CT molecular complexity index is 1260. The number of aliphatic carboxylic acids is 1. The maximum Gasteiger partial charge on any atom is 0.307 e. The van der Waals surface area contributed by atoms with Gasteiger partial charge in [-0.2, -0.15) is 0 Å². The Labute approximate surface area is 227 Å². The Kier molecular flexibility index (Phi) is 9.66. The van der Waals surface area contributed by atoms with Crippen molar-refractivity contribution in [3.8, 4) is 11.5 Å². The molecule has 0 atom stereocenters. The SMILES string of the molecule is CC(C)c1cc(Oc2c(Br)cc(CC(=O)O)cc2Br)cc(CCN=C(N)N)c1/C=C/c1ccncc1. The predicted octanol–water partition coefficient (Wildman–Crippen LogP) is 6.14. The second-order valence-electron chi connectivity index (χ2n) is 8.47. The molecule has 0 bridgehead atoms. The molecule has 1 aromatic heterocycles. The van der Waals surface area contributed by atoms with E-state index in [1.165, 1.54) is 0 Å². The second kappa shape index (κ2) is 12.7. The molecule has 5 N–H and O–H groups in total. The highest BCUT2D eigenvalue weighted by molar-refractivity contribution is 9.11. The van der Waals surface area contributed by atoms with Crippen LogP contribution in [0.1, 0.15) is 47.6 Å². The first-order chi connectivity index (χ1) is 17.1. The van der Waals surface area contributed by atoms with E-state index in [1.54, 1.807) is 24.5 Å². The first kappa shape index (κ1) is 27.4. The normalized spacial score (nSPS) is 11.1. The van der Waals surface area contributed by atoms with Gasteiger partial charge >= 0.3 is 5.97 Å². The maximum absolute atomic E-state index is 11.1. The van der Waals surface area contributed by atoms with E-state index in [-0.39, 0.29) is 18.3 Å². The molecule has 9 heteroatoms. The molecule has 0 saturated carbocycles. The van der Waals surface area contributed by atoms with Gasteiger partial charge < -0.3 is 21.3 Å². The van der Waals surface area contributed by atoms with Crippen LogP contribution in [0.15, 0.2) is 62.7 Å². The van der Waals surface area contributed by atoms with Crippen LogP contribution >= 0.6 is 31.9 Å². The van der Waals surface area contributed by atoms with E-state index in [1.807, 2.05) is 24.3 Å². The number of hydrogen-bond acceptors (Lipinski definition) is 4. The van der Waals surface area contributed by atoms with Gasteiger partial charge in [-0.05, 0) is 108 Å². The average molecular weight is 616 g/mol. The Morgan fingerprint density at radius 3 is 2.36 bits per heavy atom. The molecule has 188 valence electrons. The molecule has 0 aliphatic rings. The largest absolute Gasteiger partial charge is 0.481 e. The van der Waals surface area contributed by atoms with Crippen molar-refractivity contribution in [2.45, 2.75) is 32.6 Å². The van der Waals surface area contributed by atoms with Crippen LogP contribution in [0.2, 0.25) is 0 Å². The third-order valence-electron chi connectivity index (χ3n) is 5.35. The lowest BCUT2D eigenvalue weighted by Crippen LogP contribution is -2.23. The number of hydrogen-bond donors (Lipinski definition) is 3. The quantitative estimate of drug-likeness (QED) is 0.186. The zero-order valence-corrected chi connectivity index (χ0v) is 23.2. The van der Waals surface area contributed by atoms with Gasteiger partial charge in [0.15, 0.2) is 11.7 Å². The highest BCUT2D eigenvalue weighted by Crippen LogP contribution is 2.40. The monoisotopic (exact) mass is 614 g/mol. The Morgan fingerprint density at radius 1 is 1.11 bits per heavy atom. The van der Waals surface area contributed by atoms with Crippen molar-refractivity contribution < 1.29 is 14.6 Å². The molecule has 3 aromatic rings. The summed E-state index contributed by atoms with van der Waals surface area (Å²) in [7, 11) is 0. The van der Waals surface area contributed by atoms with Crippen molar-refractivity contribution in [1.82, 2.24) is 4.98 Å². The Morgan fingerprint density at radius 2 is 1.78 bits per heavy atom. The number of rotatable bonds is 10. The fourth-order valence-electron chi connectivity index (χ4n) is 3.72. The summed E-state index contributed by atoms with van der Waals surface area (Å²) in [5.74, 6) is 0.595. The number of carboxylic acid groups (broad SMARTS) is 1. The van der Waals surface area contributed by atoms with E-state index < -0.39 is 5.97 Å². The Balaban J connectivity index is 2.05. The summed E-state index contributed by atoms with van der Waals surface area (Å²) in [4.78, 5) is 19.4. The lowest BCUT2D eigenvalue weighted by Gasteiger charge is -2.19. The molecule has 36 heavy (non-hydrogen) atoms. The lowest BCUT2D eigenvalue weighted by atomic mass is 9.91. The molecule has 0 aliphatic carbocycles. The van der Waals surface area contributed by atoms with Crippen LogP contribution < -0.4 is 16.2 Å². The van der Waals surface area contributed by atoms with Crippen molar-refractivity contribution in [2.24, 2.45) is 16.5 Å². The predicted molar refractivity (Wildman–Crippen MR) is 151 cm³/mol. The minimum atomic E-state index is -0.898. The molecule has 0 amide bonds. The molecule has 3 rings (SSSR count). The molecule has 0 saturated heterocycles. The third-order valence-corrected chi connectivity index (χ3v) is 6.53. The maximum atomic E-state index is 11.1. The number of ether oxygens (including phenoxy) is 1. The number of aromatic nitrogens is 1. The standard InChI is InChI=1S/C27H28Br2N4O3/c1-16(2)22-15-20(36-26-23(28)11-18(12-24(26)29)13-25(34)35)14-19(7-10-33-27(30)31)21(22)4-3-17-5-8-32-9-6-17/h3-6,8-9,11-12,14-16H,7,10,13H2,1-2H3,(H,34,35)(H4,30,31,33)/b4-3+. The van der Waals surface area contributed by atoms with Gasteiger partial charge in [0.2, 0.25) is 0 Å². The fourth-order valence-corrected chi connectivity index (χ4v) is 5.16.